The summed E-state index contributed by atoms with van der Waals surface area (Å²) in [5, 5.41) is 3.83. The van der Waals surface area contributed by atoms with Crippen LogP contribution >= 0.6 is 0 Å². The van der Waals surface area contributed by atoms with Crippen molar-refractivity contribution in [1.82, 2.24) is 15.6 Å². The number of benzene rings is 1. The molecule has 1 heterocycles. The first-order valence-corrected chi connectivity index (χ1v) is 10.3. The molecule has 25 heavy (non-hydrogen) atoms. The summed E-state index contributed by atoms with van der Waals surface area (Å²) in [5.74, 6) is 0. The predicted octanol–water partition coefficient (Wildman–Crippen LogP) is 1.48. The van der Waals surface area contributed by atoms with Gasteiger partial charge in [0.1, 0.15) is 6.34 Å². The summed E-state index contributed by atoms with van der Waals surface area (Å²) in [5.41, 5.74) is 10.1. The molecule has 0 amide bonds. The lowest BCUT2D eigenvalue weighted by molar-refractivity contribution is 0.0246. The average molecular weight is 366 g/mol. The van der Waals surface area contributed by atoms with E-state index in [9.17, 15) is 8.42 Å². The Balaban J connectivity index is 1.72. The van der Waals surface area contributed by atoms with Crippen LogP contribution in [-0.2, 0) is 16.6 Å². The lowest BCUT2D eigenvalue weighted by Crippen LogP contribution is -2.46. The van der Waals surface area contributed by atoms with Gasteiger partial charge in [-0.2, -0.15) is 13.5 Å². The third-order valence-electron chi connectivity index (χ3n) is 5.17. The first-order chi connectivity index (χ1) is 12.0. The second-order valence-electron chi connectivity index (χ2n) is 6.90. The highest BCUT2D eigenvalue weighted by Crippen LogP contribution is 2.40. The van der Waals surface area contributed by atoms with Crippen LogP contribution in [0.3, 0.4) is 0 Å². The van der Waals surface area contributed by atoms with Gasteiger partial charge in [0.25, 0.3) is 10.0 Å². The van der Waals surface area contributed by atoms with Crippen molar-refractivity contribution in [3.05, 3.63) is 29.8 Å². The van der Waals surface area contributed by atoms with E-state index in [0.717, 1.165) is 18.7 Å². The summed E-state index contributed by atoms with van der Waals surface area (Å²) in [4.78, 5) is 0.171. The Morgan fingerprint density at radius 2 is 2.16 bits per heavy atom. The second-order valence-corrected chi connectivity index (χ2v) is 8.54. The molecule has 2 fully saturated rings. The number of hydrogen-bond acceptors (Lipinski definition) is 5. The molecule has 1 spiro atoms. The first-order valence-electron chi connectivity index (χ1n) is 8.85. The Morgan fingerprint density at radius 3 is 2.84 bits per heavy atom. The minimum atomic E-state index is -3.74. The smallest absolute Gasteiger partial charge is 0.283 e. The molecule has 0 unspecified atom stereocenters. The summed E-state index contributed by atoms with van der Waals surface area (Å²) in [6, 6.07) is 6.61. The molecule has 1 aromatic carbocycles. The molecule has 3 N–H and O–H groups in total. The molecule has 8 heteroatoms. The number of rotatable bonds is 6. The molecule has 138 valence electrons. The Hall–Kier alpha value is -1.48. The highest BCUT2D eigenvalue weighted by atomic mass is 32.2. The van der Waals surface area contributed by atoms with Gasteiger partial charge in [0, 0.05) is 31.6 Å². The summed E-state index contributed by atoms with van der Waals surface area (Å²) < 4.78 is 28.8. The fourth-order valence-corrected chi connectivity index (χ4v) is 4.56. The Morgan fingerprint density at radius 1 is 1.40 bits per heavy atom. The zero-order valence-electron chi connectivity index (χ0n) is 14.7. The second kappa shape index (κ2) is 7.41. The molecule has 1 aliphatic heterocycles. The first kappa shape index (κ1) is 18.3. The molecule has 0 radical (unpaired) electrons. The number of sulfonamides is 1. The van der Waals surface area contributed by atoms with Crippen molar-refractivity contribution in [2.24, 2.45) is 15.5 Å². The largest absolute Gasteiger partial charge is 0.326 e. The quantitative estimate of drug-likeness (QED) is 0.586. The van der Waals surface area contributed by atoms with Crippen LogP contribution in [0.15, 0.2) is 33.6 Å². The Bertz CT molecular complexity index is 728. The molecule has 0 atom stereocenters. The van der Waals surface area contributed by atoms with Crippen molar-refractivity contribution in [1.29, 1.82) is 0 Å². The number of nitrogens with two attached hydrogens (primary N) is 1. The minimum Gasteiger partial charge on any atom is -0.326 e. The molecule has 1 aliphatic carbocycles. The van der Waals surface area contributed by atoms with Crippen LogP contribution in [-0.4, -0.2) is 44.5 Å². The normalized spacial score (nSPS) is 20.7. The molecule has 1 saturated carbocycles. The van der Waals surface area contributed by atoms with Gasteiger partial charge in [0.2, 0.25) is 0 Å². The maximum atomic E-state index is 12.5. The maximum absolute atomic E-state index is 12.5. The number of nitrogens with one attached hydrogen (secondary N) is 1. The van der Waals surface area contributed by atoms with E-state index in [2.05, 4.69) is 9.82 Å². The molecule has 3 rings (SSSR count). The lowest BCUT2D eigenvalue weighted by atomic mass is 9.88. The molecule has 1 saturated heterocycles. The molecule has 1 aromatic rings. The van der Waals surface area contributed by atoms with E-state index in [0.29, 0.717) is 18.5 Å². The molecule has 0 bridgehead atoms. The van der Waals surface area contributed by atoms with Crippen molar-refractivity contribution >= 4 is 16.4 Å². The summed E-state index contributed by atoms with van der Waals surface area (Å²) >= 11 is 0. The van der Waals surface area contributed by atoms with Crippen molar-refractivity contribution in [2.45, 2.75) is 44.0 Å². The number of nitrogens with zero attached hydrogens (tertiary/aromatic N) is 3. The third kappa shape index (κ3) is 4.03. The van der Waals surface area contributed by atoms with E-state index in [4.69, 9.17) is 5.73 Å². The van der Waals surface area contributed by atoms with Gasteiger partial charge in [-0.25, -0.2) is 5.43 Å². The van der Waals surface area contributed by atoms with E-state index < -0.39 is 10.0 Å². The van der Waals surface area contributed by atoms with Gasteiger partial charge in [0.15, 0.2) is 0 Å². The lowest BCUT2D eigenvalue weighted by Gasteiger charge is -2.29. The highest BCUT2D eigenvalue weighted by Gasteiger charge is 2.41. The molecule has 2 aliphatic rings. The standard InChI is InChI=1S/C17H27N5O2S/c1-2-21(22-13-17(12-19-22)8-3-4-9-17)14-20-25(23,24)16-7-5-6-15(10-16)11-18/h5-7,10,14,19H,2-4,8-9,11-13,18H2,1H3. The van der Waals surface area contributed by atoms with Gasteiger partial charge in [-0.3, -0.25) is 5.01 Å². The van der Waals surface area contributed by atoms with Gasteiger partial charge in [0.05, 0.1) is 4.90 Å². The fraction of sp³-hybridized carbons (Fsp3) is 0.588. The van der Waals surface area contributed by atoms with Gasteiger partial charge >= 0.3 is 0 Å². The van der Waals surface area contributed by atoms with E-state index in [-0.39, 0.29) is 4.90 Å². The van der Waals surface area contributed by atoms with Crippen LogP contribution < -0.4 is 11.2 Å². The Labute approximate surface area is 149 Å². The van der Waals surface area contributed by atoms with Crippen molar-refractivity contribution in [3.63, 3.8) is 0 Å². The SMILES string of the molecule is CCN(C=NS(=O)(=O)c1cccc(CN)c1)N1CC2(CCCC2)CN1. The monoisotopic (exact) mass is 365 g/mol. The van der Waals surface area contributed by atoms with Crippen molar-refractivity contribution < 1.29 is 8.42 Å². The summed E-state index contributed by atoms with van der Waals surface area (Å²) in [6.07, 6.45) is 6.43. The predicted molar refractivity (Wildman–Crippen MR) is 98.0 cm³/mol. The topological polar surface area (TPSA) is 91.0 Å². The van der Waals surface area contributed by atoms with Crippen LogP contribution in [0.25, 0.3) is 0 Å². The van der Waals surface area contributed by atoms with E-state index in [1.807, 2.05) is 17.1 Å². The van der Waals surface area contributed by atoms with E-state index in [1.165, 1.54) is 32.0 Å². The summed E-state index contributed by atoms with van der Waals surface area (Å²) in [7, 11) is -3.74. The average Bonchev–Trinajstić information content (AvgIpc) is 3.26. The zero-order chi connectivity index (χ0) is 17.9. The van der Waals surface area contributed by atoms with Crippen LogP contribution in [0.4, 0.5) is 0 Å². The van der Waals surface area contributed by atoms with Crippen LogP contribution in [0, 0.1) is 5.41 Å². The van der Waals surface area contributed by atoms with E-state index in [1.54, 1.807) is 24.3 Å². The molecule has 0 aromatic heterocycles. The minimum absolute atomic E-state index is 0.171. The van der Waals surface area contributed by atoms with Crippen LogP contribution in [0.2, 0.25) is 0 Å². The fourth-order valence-electron chi connectivity index (χ4n) is 3.65. The van der Waals surface area contributed by atoms with Gasteiger partial charge < -0.3 is 5.73 Å². The van der Waals surface area contributed by atoms with Gasteiger partial charge in [-0.1, -0.05) is 25.0 Å². The van der Waals surface area contributed by atoms with Gasteiger partial charge in [-0.15, -0.1) is 4.40 Å². The number of hydrazine groups is 2. The highest BCUT2D eigenvalue weighted by molar-refractivity contribution is 7.90. The van der Waals surface area contributed by atoms with Crippen LogP contribution in [0.5, 0.6) is 0 Å². The Kier molecular flexibility index (Phi) is 5.43. The molecule has 7 nitrogen and oxygen atoms in total. The third-order valence-corrected chi connectivity index (χ3v) is 6.39. The van der Waals surface area contributed by atoms with Crippen LogP contribution in [0.1, 0.15) is 38.2 Å². The van der Waals surface area contributed by atoms with Crippen molar-refractivity contribution in [3.8, 4) is 0 Å². The van der Waals surface area contributed by atoms with E-state index >= 15 is 0 Å². The zero-order valence-corrected chi connectivity index (χ0v) is 15.5. The molecular weight excluding hydrogens is 338 g/mol. The van der Waals surface area contributed by atoms with Crippen molar-refractivity contribution in [2.75, 3.05) is 19.6 Å². The maximum Gasteiger partial charge on any atom is 0.283 e. The summed E-state index contributed by atoms with van der Waals surface area (Å²) in [6.45, 7) is 4.77. The molecular formula is C17H27N5O2S. The van der Waals surface area contributed by atoms with Gasteiger partial charge in [-0.05, 0) is 37.5 Å². The number of hydrogen-bond donors (Lipinski definition) is 2.